The van der Waals surface area contributed by atoms with Gasteiger partial charge in [0.25, 0.3) is 0 Å². The highest BCUT2D eigenvalue weighted by atomic mass is 127. The third-order valence-electron chi connectivity index (χ3n) is 4.30. The fourth-order valence-corrected chi connectivity index (χ4v) is 2.78. The van der Waals surface area contributed by atoms with Crippen LogP contribution < -0.4 is 11.1 Å². The van der Waals surface area contributed by atoms with Crippen LogP contribution in [0.4, 0.5) is 0 Å². The van der Waals surface area contributed by atoms with Gasteiger partial charge in [-0.15, -0.1) is 24.0 Å². The van der Waals surface area contributed by atoms with Crippen molar-refractivity contribution < 1.29 is 0 Å². The van der Waals surface area contributed by atoms with Crippen LogP contribution in [-0.2, 0) is 0 Å². The summed E-state index contributed by atoms with van der Waals surface area (Å²) in [5, 5.41) is 3.26. The zero-order chi connectivity index (χ0) is 12.3. The fraction of sp³-hybridized carbons (Fsp3) is 0.929. The molecule has 2 saturated carbocycles. The van der Waals surface area contributed by atoms with Gasteiger partial charge in [0.1, 0.15) is 0 Å². The number of nitrogens with two attached hydrogens (primary N) is 1. The van der Waals surface area contributed by atoms with Gasteiger partial charge in [0.05, 0.1) is 0 Å². The fourth-order valence-electron chi connectivity index (χ4n) is 2.78. The second kappa shape index (κ2) is 6.96. The first-order chi connectivity index (χ1) is 8.08. The van der Waals surface area contributed by atoms with Crippen LogP contribution in [0, 0.1) is 11.3 Å². The summed E-state index contributed by atoms with van der Waals surface area (Å²) in [4.78, 5) is 4.53. The molecule has 0 saturated heterocycles. The summed E-state index contributed by atoms with van der Waals surface area (Å²) in [5.41, 5.74) is 6.19. The second-order valence-electron chi connectivity index (χ2n) is 6.44. The van der Waals surface area contributed by atoms with E-state index in [9.17, 15) is 0 Å². The number of nitrogens with one attached hydrogen (secondary N) is 1. The number of hydrogen-bond acceptors (Lipinski definition) is 1. The third-order valence-corrected chi connectivity index (χ3v) is 4.30. The van der Waals surface area contributed by atoms with E-state index in [2.05, 4.69) is 24.2 Å². The second-order valence-corrected chi connectivity index (χ2v) is 6.44. The molecule has 0 aliphatic heterocycles. The molecule has 0 spiro atoms. The van der Waals surface area contributed by atoms with Crippen LogP contribution in [0.3, 0.4) is 0 Å². The number of guanidine groups is 1. The van der Waals surface area contributed by atoms with Gasteiger partial charge in [-0.3, -0.25) is 4.99 Å². The van der Waals surface area contributed by atoms with Crippen LogP contribution in [-0.4, -0.2) is 18.5 Å². The zero-order valence-corrected chi connectivity index (χ0v) is 14.1. The smallest absolute Gasteiger partial charge is 0.188 e. The van der Waals surface area contributed by atoms with E-state index in [-0.39, 0.29) is 24.0 Å². The van der Waals surface area contributed by atoms with Crippen molar-refractivity contribution >= 4 is 29.9 Å². The van der Waals surface area contributed by atoms with E-state index in [0.29, 0.717) is 17.4 Å². The summed E-state index contributed by atoms with van der Waals surface area (Å²) in [6.45, 7) is 5.55. The lowest BCUT2D eigenvalue weighted by molar-refractivity contribution is 0.167. The first-order valence-electron chi connectivity index (χ1n) is 7.14. The first kappa shape index (κ1) is 16.1. The molecule has 0 heterocycles. The van der Waals surface area contributed by atoms with Crippen molar-refractivity contribution in [2.45, 2.75) is 64.8 Å². The van der Waals surface area contributed by atoms with Crippen molar-refractivity contribution in [2.24, 2.45) is 22.1 Å². The minimum Gasteiger partial charge on any atom is -0.370 e. The Morgan fingerprint density at radius 1 is 1.17 bits per heavy atom. The number of hydrogen-bond donors (Lipinski definition) is 2. The Balaban J connectivity index is 0.00000162. The van der Waals surface area contributed by atoms with Gasteiger partial charge in [0.2, 0.25) is 0 Å². The third kappa shape index (κ3) is 4.94. The monoisotopic (exact) mass is 365 g/mol. The Bertz CT molecular complexity index is 279. The molecule has 0 amide bonds. The van der Waals surface area contributed by atoms with E-state index in [4.69, 9.17) is 5.73 Å². The molecular formula is C14H28IN3. The van der Waals surface area contributed by atoms with E-state index in [1.807, 2.05) is 0 Å². The summed E-state index contributed by atoms with van der Waals surface area (Å²) < 4.78 is 0. The van der Waals surface area contributed by atoms with E-state index in [1.54, 1.807) is 0 Å². The van der Waals surface area contributed by atoms with Crippen molar-refractivity contribution in [3.63, 3.8) is 0 Å². The molecule has 2 aliphatic rings. The van der Waals surface area contributed by atoms with Gasteiger partial charge < -0.3 is 11.1 Å². The highest BCUT2D eigenvalue weighted by Crippen LogP contribution is 2.38. The lowest BCUT2D eigenvalue weighted by atomic mass is 9.71. The molecule has 0 bridgehead atoms. The van der Waals surface area contributed by atoms with Crippen molar-refractivity contribution in [1.29, 1.82) is 0 Å². The van der Waals surface area contributed by atoms with Gasteiger partial charge in [-0.05, 0) is 37.0 Å². The zero-order valence-electron chi connectivity index (χ0n) is 11.7. The Morgan fingerprint density at radius 3 is 2.33 bits per heavy atom. The van der Waals surface area contributed by atoms with Crippen LogP contribution in [0.2, 0.25) is 0 Å². The maximum atomic E-state index is 5.89. The molecule has 2 aliphatic carbocycles. The average molecular weight is 365 g/mol. The first-order valence-corrected chi connectivity index (χ1v) is 7.14. The van der Waals surface area contributed by atoms with Gasteiger partial charge in [0, 0.05) is 12.6 Å². The summed E-state index contributed by atoms with van der Waals surface area (Å²) >= 11 is 0. The topological polar surface area (TPSA) is 50.4 Å². The lowest BCUT2D eigenvalue weighted by Gasteiger charge is -2.36. The quantitative estimate of drug-likeness (QED) is 0.456. The summed E-state index contributed by atoms with van der Waals surface area (Å²) in [5.74, 6) is 1.48. The van der Waals surface area contributed by atoms with E-state index >= 15 is 0 Å². The molecule has 4 heteroatoms. The number of aliphatic imine (C=N–C) groups is 1. The maximum absolute atomic E-state index is 5.89. The predicted molar refractivity (Wildman–Crippen MR) is 88.4 cm³/mol. The van der Waals surface area contributed by atoms with Crippen LogP contribution in [0.1, 0.15) is 58.8 Å². The molecule has 0 radical (unpaired) electrons. The molecule has 0 unspecified atom stereocenters. The Morgan fingerprint density at radius 2 is 1.78 bits per heavy atom. The molecule has 2 rings (SSSR count). The Kier molecular flexibility index (Phi) is 6.21. The lowest BCUT2D eigenvalue weighted by Crippen LogP contribution is -2.36. The Labute approximate surface area is 128 Å². The molecule has 0 aromatic carbocycles. The van der Waals surface area contributed by atoms with Crippen molar-refractivity contribution in [1.82, 2.24) is 5.32 Å². The summed E-state index contributed by atoms with van der Waals surface area (Å²) in [6, 6.07) is 0.608. The highest BCUT2D eigenvalue weighted by molar-refractivity contribution is 14.0. The number of halogens is 1. The van der Waals surface area contributed by atoms with Crippen LogP contribution in [0.15, 0.2) is 4.99 Å². The largest absolute Gasteiger partial charge is 0.370 e. The summed E-state index contributed by atoms with van der Waals surface area (Å²) in [7, 11) is 0. The Hall–Kier alpha value is 0. The van der Waals surface area contributed by atoms with E-state index in [1.165, 1.54) is 44.9 Å². The van der Waals surface area contributed by atoms with Gasteiger partial charge in [-0.2, -0.15) is 0 Å². The van der Waals surface area contributed by atoms with Crippen molar-refractivity contribution in [3.05, 3.63) is 0 Å². The molecule has 18 heavy (non-hydrogen) atoms. The maximum Gasteiger partial charge on any atom is 0.188 e. The minimum absolute atomic E-state index is 0. The normalized spacial score (nSPS) is 22.4. The molecule has 0 atom stereocenters. The van der Waals surface area contributed by atoms with Gasteiger partial charge in [-0.1, -0.05) is 33.1 Å². The van der Waals surface area contributed by atoms with Gasteiger partial charge >= 0.3 is 0 Å². The van der Waals surface area contributed by atoms with E-state index < -0.39 is 0 Å². The van der Waals surface area contributed by atoms with Gasteiger partial charge in [0.15, 0.2) is 5.96 Å². The number of rotatable bonds is 4. The average Bonchev–Trinajstić information content (AvgIpc) is 3.12. The molecule has 0 aromatic heterocycles. The highest BCUT2D eigenvalue weighted by Gasteiger charge is 2.30. The summed E-state index contributed by atoms with van der Waals surface area (Å²) in [6.07, 6.45) is 9.46. The molecule has 2 fully saturated rings. The molecular weight excluding hydrogens is 337 g/mol. The predicted octanol–water partition coefficient (Wildman–Crippen LogP) is 3.28. The van der Waals surface area contributed by atoms with Crippen LogP contribution in [0.25, 0.3) is 0 Å². The van der Waals surface area contributed by atoms with Crippen molar-refractivity contribution in [3.8, 4) is 0 Å². The SMILES string of the molecule is CC(C)(CN=C(N)NC1CC1)C1CCCCC1.I. The molecule has 3 nitrogen and oxygen atoms in total. The van der Waals surface area contributed by atoms with E-state index in [0.717, 1.165) is 12.5 Å². The number of nitrogens with zero attached hydrogens (tertiary/aromatic N) is 1. The molecule has 3 N–H and O–H groups in total. The van der Waals surface area contributed by atoms with Gasteiger partial charge in [-0.25, -0.2) is 0 Å². The van der Waals surface area contributed by atoms with Crippen LogP contribution >= 0.6 is 24.0 Å². The molecule has 106 valence electrons. The standard InChI is InChI=1S/C14H27N3.HI/c1-14(2,11-6-4-3-5-7-11)10-16-13(15)17-12-8-9-12;/h11-12H,3-10H2,1-2H3,(H3,15,16,17);1H. The van der Waals surface area contributed by atoms with Crippen molar-refractivity contribution in [2.75, 3.05) is 6.54 Å². The molecule has 0 aromatic rings. The van der Waals surface area contributed by atoms with Crippen LogP contribution in [0.5, 0.6) is 0 Å². The minimum atomic E-state index is 0.